The number of nitrogens with zero attached hydrogens (tertiary/aromatic N) is 10. The summed E-state index contributed by atoms with van der Waals surface area (Å²) in [5, 5.41) is 13.0. The van der Waals surface area contributed by atoms with Gasteiger partial charge in [0.25, 0.3) is 5.78 Å². The normalized spacial score (nSPS) is 15.5. The summed E-state index contributed by atoms with van der Waals surface area (Å²) in [5.74, 6) is 3.52. The van der Waals surface area contributed by atoms with Gasteiger partial charge in [-0.2, -0.15) is 14.6 Å². The van der Waals surface area contributed by atoms with Crippen LogP contribution < -0.4 is 9.80 Å². The Labute approximate surface area is 161 Å². The summed E-state index contributed by atoms with van der Waals surface area (Å²) in [4.78, 5) is 18.0. The standard InChI is InChI=1S/C18H22N10/c1-3-14-23-24-17-16(19-5-8-27(14)17)26-7-4-6-25(9-10-26)15-11-13(2)22-18-20-12-21-28(15)18/h5,8,11-12H,3-4,6-7,9-10H2,1-2H3. The summed E-state index contributed by atoms with van der Waals surface area (Å²) in [6.07, 6.45) is 7.17. The lowest BCUT2D eigenvalue weighted by Gasteiger charge is -2.24. The van der Waals surface area contributed by atoms with Crippen molar-refractivity contribution in [3.8, 4) is 0 Å². The highest BCUT2D eigenvalue weighted by Crippen LogP contribution is 2.22. The monoisotopic (exact) mass is 378 g/mol. The lowest BCUT2D eigenvalue weighted by atomic mass is 10.3. The Bertz CT molecular complexity index is 1130. The van der Waals surface area contributed by atoms with E-state index in [1.54, 1.807) is 6.33 Å². The quantitative estimate of drug-likeness (QED) is 0.524. The highest BCUT2D eigenvalue weighted by atomic mass is 15.4. The second kappa shape index (κ2) is 6.70. The first-order valence-corrected chi connectivity index (χ1v) is 9.60. The van der Waals surface area contributed by atoms with Crippen molar-refractivity contribution in [3.05, 3.63) is 36.3 Å². The first-order valence-electron chi connectivity index (χ1n) is 9.60. The molecule has 0 bridgehead atoms. The van der Waals surface area contributed by atoms with Crippen LogP contribution >= 0.6 is 0 Å². The van der Waals surface area contributed by atoms with Gasteiger partial charge in [0, 0.05) is 56.8 Å². The largest absolute Gasteiger partial charge is 0.355 e. The number of fused-ring (bicyclic) bond motifs is 2. The molecule has 28 heavy (non-hydrogen) atoms. The average molecular weight is 378 g/mol. The van der Waals surface area contributed by atoms with E-state index < -0.39 is 0 Å². The summed E-state index contributed by atoms with van der Waals surface area (Å²) in [6, 6.07) is 2.07. The average Bonchev–Trinajstić information content (AvgIpc) is 3.27. The first kappa shape index (κ1) is 16.8. The van der Waals surface area contributed by atoms with Crippen molar-refractivity contribution in [2.75, 3.05) is 36.0 Å². The zero-order valence-electron chi connectivity index (χ0n) is 16.0. The number of aryl methyl sites for hydroxylation is 2. The smallest absolute Gasteiger partial charge is 0.254 e. The summed E-state index contributed by atoms with van der Waals surface area (Å²) >= 11 is 0. The van der Waals surface area contributed by atoms with Crippen molar-refractivity contribution in [1.29, 1.82) is 0 Å². The summed E-state index contributed by atoms with van der Waals surface area (Å²) in [5.41, 5.74) is 1.77. The van der Waals surface area contributed by atoms with Crippen LogP contribution in [0.15, 0.2) is 24.8 Å². The second-order valence-corrected chi connectivity index (χ2v) is 6.97. The van der Waals surface area contributed by atoms with Crippen LogP contribution in [0.1, 0.15) is 24.9 Å². The number of aromatic nitrogens is 8. The molecule has 0 unspecified atom stereocenters. The Balaban J connectivity index is 1.45. The van der Waals surface area contributed by atoms with Crippen LogP contribution in [0.5, 0.6) is 0 Å². The van der Waals surface area contributed by atoms with Crippen molar-refractivity contribution in [3.63, 3.8) is 0 Å². The summed E-state index contributed by atoms with van der Waals surface area (Å²) < 4.78 is 3.85. The molecule has 1 aliphatic rings. The third-order valence-electron chi connectivity index (χ3n) is 5.18. The molecule has 0 amide bonds. The fourth-order valence-electron chi connectivity index (χ4n) is 3.82. The van der Waals surface area contributed by atoms with Gasteiger partial charge in [-0.05, 0) is 13.3 Å². The van der Waals surface area contributed by atoms with Gasteiger partial charge in [-0.25, -0.2) is 9.97 Å². The van der Waals surface area contributed by atoms with E-state index in [9.17, 15) is 0 Å². The molecular weight excluding hydrogens is 356 g/mol. The number of hydrogen-bond donors (Lipinski definition) is 0. The minimum atomic E-state index is 0.637. The van der Waals surface area contributed by atoms with E-state index in [0.29, 0.717) is 5.78 Å². The molecule has 0 radical (unpaired) electrons. The van der Waals surface area contributed by atoms with Crippen LogP contribution in [0.4, 0.5) is 11.6 Å². The number of rotatable bonds is 3. The molecule has 4 aromatic rings. The maximum atomic E-state index is 4.62. The van der Waals surface area contributed by atoms with Gasteiger partial charge >= 0.3 is 0 Å². The van der Waals surface area contributed by atoms with Crippen LogP contribution in [0.3, 0.4) is 0 Å². The van der Waals surface area contributed by atoms with E-state index in [0.717, 1.165) is 67.8 Å². The van der Waals surface area contributed by atoms with Gasteiger partial charge in [0.2, 0.25) is 5.65 Å². The molecule has 1 aliphatic heterocycles. The molecule has 0 saturated carbocycles. The van der Waals surface area contributed by atoms with Gasteiger partial charge < -0.3 is 9.80 Å². The molecule has 0 aliphatic carbocycles. The maximum absolute atomic E-state index is 4.62. The molecular formula is C18H22N10. The zero-order chi connectivity index (χ0) is 19.1. The van der Waals surface area contributed by atoms with E-state index in [1.165, 1.54) is 0 Å². The summed E-state index contributed by atoms with van der Waals surface area (Å²) in [6.45, 7) is 7.63. The van der Waals surface area contributed by atoms with Gasteiger partial charge in [0.15, 0.2) is 5.82 Å². The molecule has 4 aromatic heterocycles. The fourth-order valence-corrected chi connectivity index (χ4v) is 3.82. The predicted octanol–water partition coefficient (Wildman–Crippen LogP) is 1.15. The minimum Gasteiger partial charge on any atom is -0.355 e. The van der Waals surface area contributed by atoms with E-state index in [-0.39, 0.29) is 0 Å². The molecule has 5 rings (SSSR count). The van der Waals surface area contributed by atoms with Gasteiger partial charge in [-0.15, -0.1) is 10.2 Å². The van der Waals surface area contributed by atoms with Gasteiger partial charge in [-0.3, -0.25) is 4.40 Å². The van der Waals surface area contributed by atoms with Crippen LogP contribution in [0.25, 0.3) is 11.4 Å². The lowest BCUT2D eigenvalue weighted by Crippen LogP contribution is -2.32. The third-order valence-corrected chi connectivity index (χ3v) is 5.18. The molecule has 0 spiro atoms. The molecule has 5 heterocycles. The molecule has 10 nitrogen and oxygen atoms in total. The summed E-state index contributed by atoms with van der Waals surface area (Å²) in [7, 11) is 0. The van der Waals surface area contributed by atoms with Gasteiger partial charge in [0.05, 0.1) is 0 Å². The Morgan fingerprint density at radius 2 is 1.89 bits per heavy atom. The van der Waals surface area contributed by atoms with E-state index in [2.05, 4.69) is 53.0 Å². The van der Waals surface area contributed by atoms with Gasteiger partial charge in [0.1, 0.15) is 18.0 Å². The minimum absolute atomic E-state index is 0.637. The predicted molar refractivity (Wildman–Crippen MR) is 105 cm³/mol. The van der Waals surface area contributed by atoms with Crippen molar-refractivity contribution in [2.45, 2.75) is 26.7 Å². The van der Waals surface area contributed by atoms with Crippen molar-refractivity contribution >= 4 is 23.1 Å². The molecule has 0 atom stereocenters. The van der Waals surface area contributed by atoms with E-state index >= 15 is 0 Å². The fraction of sp³-hybridized carbons (Fsp3) is 0.444. The maximum Gasteiger partial charge on any atom is 0.254 e. The molecule has 0 N–H and O–H groups in total. The lowest BCUT2D eigenvalue weighted by molar-refractivity contribution is 0.767. The Kier molecular flexibility index (Phi) is 4.03. The van der Waals surface area contributed by atoms with Crippen LogP contribution in [-0.2, 0) is 6.42 Å². The molecule has 1 fully saturated rings. The van der Waals surface area contributed by atoms with Crippen molar-refractivity contribution < 1.29 is 0 Å². The molecule has 10 heteroatoms. The van der Waals surface area contributed by atoms with Crippen LogP contribution in [0.2, 0.25) is 0 Å². The van der Waals surface area contributed by atoms with Gasteiger partial charge in [-0.1, -0.05) is 6.92 Å². The topological polar surface area (TPSA) is 92.6 Å². The number of hydrogen-bond acceptors (Lipinski definition) is 8. The van der Waals surface area contributed by atoms with Crippen molar-refractivity contribution in [1.82, 2.24) is 39.2 Å². The molecule has 144 valence electrons. The Morgan fingerprint density at radius 1 is 1.04 bits per heavy atom. The molecule has 1 saturated heterocycles. The van der Waals surface area contributed by atoms with E-state index in [4.69, 9.17) is 0 Å². The van der Waals surface area contributed by atoms with Crippen LogP contribution in [-0.4, -0.2) is 65.3 Å². The second-order valence-electron chi connectivity index (χ2n) is 6.97. The molecule has 0 aromatic carbocycles. The third kappa shape index (κ3) is 2.72. The Morgan fingerprint density at radius 3 is 2.79 bits per heavy atom. The zero-order valence-corrected chi connectivity index (χ0v) is 16.0. The Hall–Kier alpha value is -3.30. The highest BCUT2D eigenvalue weighted by molar-refractivity contribution is 5.64. The van der Waals surface area contributed by atoms with E-state index in [1.807, 2.05) is 28.2 Å². The van der Waals surface area contributed by atoms with Crippen LogP contribution in [0, 0.1) is 6.92 Å². The number of anilines is 2. The first-order chi connectivity index (χ1) is 13.7. The van der Waals surface area contributed by atoms with Crippen molar-refractivity contribution in [2.24, 2.45) is 0 Å². The SMILES string of the molecule is CCc1nnc2c(N3CCCN(c4cc(C)nc5ncnn45)CC3)nccn12. The highest BCUT2D eigenvalue weighted by Gasteiger charge is 2.22.